The van der Waals surface area contributed by atoms with Crippen molar-refractivity contribution in [2.75, 3.05) is 0 Å². The molecule has 1 aromatic carbocycles. The van der Waals surface area contributed by atoms with Gasteiger partial charge >= 0.3 is 0 Å². The zero-order chi connectivity index (χ0) is 16.5. The molecule has 0 radical (unpaired) electrons. The molecule has 0 saturated carbocycles. The van der Waals surface area contributed by atoms with Gasteiger partial charge in [-0.05, 0) is 18.6 Å². The van der Waals surface area contributed by atoms with E-state index in [9.17, 15) is 4.79 Å². The Hall–Kier alpha value is -0.870. The predicted molar refractivity (Wildman–Crippen MR) is 104 cm³/mol. The first-order valence-corrected chi connectivity index (χ1v) is 10.1. The van der Waals surface area contributed by atoms with Crippen LogP contribution in [0.5, 0.6) is 0 Å². The number of fused-ring (bicyclic) bond motifs is 1. The van der Waals surface area contributed by atoms with E-state index in [2.05, 4.69) is 30.6 Å². The molecule has 0 amide bonds. The summed E-state index contributed by atoms with van der Waals surface area (Å²) < 4.78 is 1.15. The Morgan fingerprint density at radius 2 is 1.74 bits per heavy atom. The molecule has 1 aromatic heterocycles. The van der Waals surface area contributed by atoms with Gasteiger partial charge in [0.15, 0.2) is 5.12 Å². The minimum Gasteiger partial charge on any atom is -0.287 e. The van der Waals surface area contributed by atoms with Crippen molar-refractivity contribution in [3.63, 3.8) is 0 Å². The Labute approximate surface area is 149 Å². The summed E-state index contributed by atoms with van der Waals surface area (Å²) in [6, 6.07) is 8.07. The number of rotatable bonds is 11. The van der Waals surface area contributed by atoms with Gasteiger partial charge in [-0.1, -0.05) is 70.4 Å². The summed E-state index contributed by atoms with van der Waals surface area (Å²) in [6.45, 7) is 2.25. The number of hydrogen-bond donors (Lipinski definition) is 1. The van der Waals surface area contributed by atoms with Crippen LogP contribution in [-0.2, 0) is 4.79 Å². The fraction of sp³-hybridized carbons (Fsp3) is 0.579. The number of nitrogens with zero attached hydrogens (tertiary/aromatic N) is 1. The first-order chi connectivity index (χ1) is 11.2. The summed E-state index contributed by atoms with van der Waals surface area (Å²) >= 11 is 5.73. The van der Waals surface area contributed by atoms with Crippen LogP contribution in [0.2, 0.25) is 0 Å². The number of unbranched alkanes of at least 4 members (excludes halogenated alkanes) is 7. The van der Waals surface area contributed by atoms with Gasteiger partial charge in [-0.25, -0.2) is 4.98 Å². The maximum atomic E-state index is 11.9. The van der Waals surface area contributed by atoms with Crippen molar-refractivity contribution in [3.05, 3.63) is 29.3 Å². The summed E-state index contributed by atoms with van der Waals surface area (Å²) in [5.41, 5.74) is 0.989. The van der Waals surface area contributed by atoms with E-state index >= 15 is 0 Å². The molecule has 2 aromatic rings. The Morgan fingerprint density at radius 1 is 1.09 bits per heavy atom. The third-order valence-electron chi connectivity index (χ3n) is 4.25. The lowest BCUT2D eigenvalue weighted by molar-refractivity contribution is -0.112. The summed E-state index contributed by atoms with van der Waals surface area (Å²) in [5, 5.41) is 0.876. The second kappa shape index (κ2) is 10.1. The Kier molecular flexibility index (Phi) is 8.10. The van der Waals surface area contributed by atoms with E-state index in [0.717, 1.165) is 28.1 Å². The van der Waals surface area contributed by atoms with Crippen molar-refractivity contribution in [1.29, 1.82) is 0 Å². The molecule has 1 atom stereocenters. The van der Waals surface area contributed by atoms with Crippen LogP contribution in [-0.4, -0.2) is 10.1 Å². The minimum absolute atomic E-state index is 0.0491. The van der Waals surface area contributed by atoms with Gasteiger partial charge in [-0.3, -0.25) is 4.79 Å². The van der Waals surface area contributed by atoms with Crippen LogP contribution < -0.4 is 0 Å². The maximum absolute atomic E-state index is 11.9. The maximum Gasteiger partial charge on any atom is 0.195 e. The Morgan fingerprint density at radius 3 is 2.39 bits per heavy atom. The van der Waals surface area contributed by atoms with Crippen LogP contribution in [0.4, 0.5) is 0 Å². The van der Waals surface area contributed by atoms with Gasteiger partial charge in [-0.15, -0.1) is 24.0 Å². The molecule has 0 bridgehead atoms. The zero-order valence-corrected chi connectivity index (χ0v) is 15.7. The summed E-state index contributed by atoms with van der Waals surface area (Å²) in [5.74, 6) is -0.143. The summed E-state index contributed by atoms with van der Waals surface area (Å²) in [4.78, 5) is 16.5. The van der Waals surface area contributed by atoms with E-state index in [1.165, 1.54) is 44.9 Å². The third kappa shape index (κ3) is 5.92. The Bertz CT molecular complexity index is 575. The van der Waals surface area contributed by atoms with E-state index < -0.39 is 0 Å². The number of thiazole rings is 1. The predicted octanol–water partition coefficient (Wildman–Crippen LogP) is 6.37. The van der Waals surface area contributed by atoms with Crippen molar-refractivity contribution in [3.8, 4) is 0 Å². The topological polar surface area (TPSA) is 30.0 Å². The average Bonchev–Trinajstić information content (AvgIpc) is 2.96. The van der Waals surface area contributed by atoms with E-state index in [1.54, 1.807) is 11.3 Å². The number of carbonyl (C=O) groups is 1. The standard InChI is InChI=1S/C19H27NOS2/c1-2-3-4-5-6-7-8-9-12-15(19(21)22)18-20-16-13-10-11-14-17(16)23-18/h10-11,13-15H,2-9,12H2,1H3,(H,21,22). The molecule has 0 N–H and O–H groups in total. The molecular weight excluding hydrogens is 322 g/mol. The highest BCUT2D eigenvalue weighted by atomic mass is 32.1. The fourth-order valence-corrected chi connectivity index (χ4v) is 4.31. The smallest absolute Gasteiger partial charge is 0.195 e. The van der Waals surface area contributed by atoms with Gasteiger partial charge in [0.05, 0.1) is 16.1 Å². The second-order valence-corrected chi connectivity index (χ2v) is 7.68. The number of aromatic nitrogens is 1. The number of carbonyl (C=O) groups excluding carboxylic acids is 1. The highest BCUT2D eigenvalue weighted by Crippen LogP contribution is 2.32. The van der Waals surface area contributed by atoms with Gasteiger partial charge in [0, 0.05) is 0 Å². The molecule has 2 nitrogen and oxygen atoms in total. The molecule has 0 aliphatic carbocycles. The lowest BCUT2D eigenvalue weighted by Crippen LogP contribution is -2.06. The van der Waals surface area contributed by atoms with Crippen molar-refractivity contribution >= 4 is 39.3 Å². The molecule has 1 unspecified atom stereocenters. The van der Waals surface area contributed by atoms with Gasteiger partial charge < -0.3 is 0 Å². The molecule has 4 heteroatoms. The second-order valence-electron chi connectivity index (χ2n) is 6.17. The van der Waals surface area contributed by atoms with E-state index in [0.29, 0.717) is 0 Å². The van der Waals surface area contributed by atoms with Crippen molar-refractivity contribution < 1.29 is 4.79 Å². The largest absolute Gasteiger partial charge is 0.287 e. The van der Waals surface area contributed by atoms with Crippen molar-refractivity contribution in [1.82, 2.24) is 4.98 Å². The minimum atomic E-state index is -0.143. The first kappa shape index (κ1) is 18.5. The molecule has 126 valence electrons. The average molecular weight is 350 g/mol. The SMILES string of the molecule is CCCCCCCCCCC(C(=O)S)c1nc2ccccc2s1. The third-order valence-corrected chi connectivity index (χ3v) is 5.71. The highest BCUT2D eigenvalue weighted by Gasteiger charge is 2.21. The van der Waals surface area contributed by atoms with Gasteiger partial charge in [0.25, 0.3) is 0 Å². The molecule has 23 heavy (non-hydrogen) atoms. The highest BCUT2D eigenvalue weighted by molar-refractivity contribution is 7.96. The van der Waals surface area contributed by atoms with Crippen LogP contribution in [0.1, 0.15) is 75.6 Å². The monoisotopic (exact) mass is 349 g/mol. The normalized spacial score (nSPS) is 12.6. The van der Waals surface area contributed by atoms with Crippen LogP contribution >= 0.6 is 24.0 Å². The summed E-state index contributed by atoms with van der Waals surface area (Å²) in [7, 11) is 0. The zero-order valence-electron chi connectivity index (χ0n) is 14.0. The molecular formula is C19H27NOS2. The van der Waals surface area contributed by atoms with Crippen LogP contribution in [0, 0.1) is 0 Å². The fourth-order valence-electron chi connectivity index (χ4n) is 2.87. The molecule has 0 saturated heterocycles. The van der Waals surface area contributed by atoms with Crippen molar-refractivity contribution in [2.45, 2.75) is 70.6 Å². The first-order valence-electron chi connectivity index (χ1n) is 8.80. The lowest BCUT2D eigenvalue weighted by Gasteiger charge is -2.09. The molecule has 0 aliphatic rings. The quantitative estimate of drug-likeness (QED) is 0.377. The van der Waals surface area contributed by atoms with E-state index in [-0.39, 0.29) is 11.0 Å². The van der Waals surface area contributed by atoms with Crippen LogP contribution in [0.15, 0.2) is 24.3 Å². The van der Waals surface area contributed by atoms with Gasteiger partial charge in [-0.2, -0.15) is 0 Å². The van der Waals surface area contributed by atoms with Gasteiger partial charge in [0.1, 0.15) is 5.01 Å². The van der Waals surface area contributed by atoms with Gasteiger partial charge in [0.2, 0.25) is 0 Å². The number of benzene rings is 1. The Balaban J connectivity index is 1.79. The van der Waals surface area contributed by atoms with E-state index in [4.69, 9.17) is 0 Å². The van der Waals surface area contributed by atoms with Crippen molar-refractivity contribution in [2.24, 2.45) is 0 Å². The number of para-hydroxylation sites is 1. The molecule has 0 spiro atoms. The molecule has 0 fully saturated rings. The molecule has 2 rings (SSSR count). The van der Waals surface area contributed by atoms with E-state index in [1.807, 2.05) is 18.2 Å². The number of hydrogen-bond acceptors (Lipinski definition) is 3. The van der Waals surface area contributed by atoms with Crippen LogP contribution in [0.3, 0.4) is 0 Å². The van der Waals surface area contributed by atoms with Crippen LogP contribution in [0.25, 0.3) is 10.2 Å². The lowest BCUT2D eigenvalue weighted by atomic mass is 10.0. The molecule has 0 aliphatic heterocycles. The molecule has 1 heterocycles. The summed E-state index contributed by atoms with van der Waals surface area (Å²) in [6.07, 6.45) is 11.1. The number of thiol groups is 1.